The van der Waals surface area contributed by atoms with E-state index in [4.69, 9.17) is 4.52 Å². The molecule has 3 nitrogen and oxygen atoms in total. The third-order valence-corrected chi connectivity index (χ3v) is 3.60. The summed E-state index contributed by atoms with van der Waals surface area (Å²) in [5, 5.41) is 4.27. The van der Waals surface area contributed by atoms with Gasteiger partial charge in [0.05, 0.1) is 5.69 Å². The Morgan fingerprint density at radius 3 is 2.53 bits per heavy atom. The third kappa shape index (κ3) is 1.57. The summed E-state index contributed by atoms with van der Waals surface area (Å²) >= 11 is 0. The van der Waals surface area contributed by atoms with Gasteiger partial charge in [-0.15, -0.1) is 0 Å². The molecule has 0 radical (unpaired) electrons. The second-order valence-electron chi connectivity index (χ2n) is 5.07. The largest absolute Gasteiger partial charge is 0.360 e. The molecule has 0 atom stereocenters. The highest BCUT2D eigenvalue weighted by Crippen LogP contribution is 2.51. The van der Waals surface area contributed by atoms with Crippen LogP contribution in [0.15, 0.2) is 28.9 Å². The molecule has 4 rings (SSSR count). The first kappa shape index (κ1) is 9.40. The molecule has 86 valence electrons. The first-order chi connectivity index (χ1) is 8.43. The molecule has 2 aliphatic rings. The Morgan fingerprint density at radius 2 is 1.88 bits per heavy atom. The smallest absolute Gasteiger partial charge is 0.143 e. The molecule has 0 aliphatic heterocycles. The second kappa shape index (κ2) is 3.42. The molecular formula is C14H14N2O. The summed E-state index contributed by atoms with van der Waals surface area (Å²) in [6.45, 7) is 0. The number of hydrogen-bond donors (Lipinski definition) is 0. The first-order valence-electron chi connectivity index (χ1n) is 6.34. The summed E-state index contributed by atoms with van der Waals surface area (Å²) in [6, 6.07) is 5.95. The molecule has 0 aromatic carbocycles. The highest BCUT2D eigenvalue weighted by atomic mass is 16.5. The summed E-state index contributed by atoms with van der Waals surface area (Å²) in [6.07, 6.45) is 6.90. The Labute approximate surface area is 99.9 Å². The standard InChI is InChI=1S/C14H14N2O/c1-2-8-15-11(3-1)13-12(9-4-5-9)14(17-16-13)10-6-7-10/h1-3,8-10H,4-7H2. The molecule has 17 heavy (non-hydrogen) atoms. The first-order valence-corrected chi connectivity index (χ1v) is 6.34. The van der Waals surface area contributed by atoms with Crippen LogP contribution in [0, 0.1) is 0 Å². The van der Waals surface area contributed by atoms with E-state index in [1.54, 1.807) is 0 Å². The number of aromatic nitrogens is 2. The van der Waals surface area contributed by atoms with Gasteiger partial charge in [0.2, 0.25) is 0 Å². The van der Waals surface area contributed by atoms with E-state index in [0.29, 0.717) is 11.8 Å². The van der Waals surface area contributed by atoms with Gasteiger partial charge in [0.25, 0.3) is 0 Å². The topological polar surface area (TPSA) is 38.9 Å². The van der Waals surface area contributed by atoms with Gasteiger partial charge in [-0.3, -0.25) is 4.98 Å². The monoisotopic (exact) mass is 226 g/mol. The van der Waals surface area contributed by atoms with Crippen LogP contribution in [-0.2, 0) is 0 Å². The van der Waals surface area contributed by atoms with Gasteiger partial charge in [-0.25, -0.2) is 0 Å². The minimum absolute atomic E-state index is 0.635. The van der Waals surface area contributed by atoms with Crippen molar-refractivity contribution in [3.8, 4) is 11.4 Å². The Morgan fingerprint density at radius 1 is 1.06 bits per heavy atom. The van der Waals surface area contributed by atoms with Gasteiger partial charge in [0, 0.05) is 17.7 Å². The minimum atomic E-state index is 0.635. The van der Waals surface area contributed by atoms with Crippen molar-refractivity contribution < 1.29 is 4.52 Å². The summed E-state index contributed by atoms with van der Waals surface area (Å²) < 4.78 is 5.59. The van der Waals surface area contributed by atoms with Crippen LogP contribution in [0.4, 0.5) is 0 Å². The zero-order valence-corrected chi connectivity index (χ0v) is 9.60. The fraction of sp³-hybridized carbons (Fsp3) is 0.429. The zero-order chi connectivity index (χ0) is 11.2. The van der Waals surface area contributed by atoms with Crippen molar-refractivity contribution in [1.82, 2.24) is 10.1 Å². The fourth-order valence-corrected chi connectivity index (χ4v) is 2.40. The van der Waals surface area contributed by atoms with Crippen molar-refractivity contribution in [2.45, 2.75) is 37.5 Å². The van der Waals surface area contributed by atoms with Gasteiger partial charge in [0.15, 0.2) is 0 Å². The minimum Gasteiger partial charge on any atom is -0.360 e. The van der Waals surface area contributed by atoms with E-state index < -0.39 is 0 Å². The van der Waals surface area contributed by atoms with E-state index in [1.165, 1.54) is 31.2 Å². The van der Waals surface area contributed by atoms with Crippen LogP contribution in [0.25, 0.3) is 11.4 Å². The van der Waals surface area contributed by atoms with E-state index in [9.17, 15) is 0 Å². The lowest BCUT2D eigenvalue weighted by molar-refractivity contribution is 0.384. The predicted molar refractivity (Wildman–Crippen MR) is 63.7 cm³/mol. The van der Waals surface area contributed by atoms with Crippen LogP contribution in [0.2, 0.25) is 0 Å². The van der Waals surface area contributed by atoms with Crippen molar-refractivity contribution in [2.24, 2.45) is 0 Å². The van der Waals surface area contributed by atoms with E-state index in [1.807, 2.05) is 24.4 Å². The SMILES string of the molecule is c1ccc(-c2noc(C3CC3)c2C2CC2)nc1. The molecule has 2 fully saturated rings. The van der Waals surface area contributed by atoms with E-state index in [0.717, 1.165) is 17.1 Å². The fourth-order valence-electron chi connectivity index (χ4n) is 2.40. The lowest BCUT2D eigenvalue weighted by Gasteiger charge is -2.00. The maximum absolute atomic E-state index is 5.59. The van der Waals surface area contributed by atoms with Gasteiger partial charge in [0.1, 0.15) is 11.5 Å². The number of rotatable bonds is 3. The van der Waals surface area contributed by atoms with E-state index >= 15 is 0 Å². The summed E-state index contributed by atoms with van der Waals surface area (Å²) in [7, 11) is 0. The Bertz CT molecular complexity index is 539. The number of nitrogens with zero attached hydrogens (tertiary/aromatic N) is 2. The zero-order valence-electron chi connectivity index (χ0n) is 9.60. The molecular weight excluding hydrogens is 212 g/mol. The lowest BCUT2D eigenvalue weighted by Crippen LogP contribution is -1.90. The molecule has 0 saturated heterocycles. The van der Waals surface area contributed by atoms with Crippen LogP contribution in [0.3, 0.4) is 0 Å². The summed E-state index contributed by atoms with van der Waals surface area (Å²) in [5.41, 5.74) is 3.28. The Kier molecular flexibility index (Phi) is 1.89. The number of pyridine rings is 1. The van der Waals surface area contributed by atoms with Crippen molar-refractivity contribution in [3.63, 3.8) is 0 Å². The average Bonchev–Trinajstić information content (AvgIpc) is 3.29. The summed E-state index contributed by atoms with van der Waals surface area (Å²) in [4.78, 5) is 4.39. The van der Waals surface area contributed by atoms with Crippen molar-refractivity contribution in [2.75, 3.05) is 0 Å². The van der Waals surface area contributed by atoms with Gasteiger partial charge >= 0.3 is 0 Å². The highest BCUT2D eigenvalue weighted by Gasteiger charge is 2.39. The number of hydrogen-bond acceptors (Lipinski definition) is 3. The van der Waals surface area contributed by atoms with Crippen LogP contribution in [-0.4, -0.2) is 10.1 Å². The molecule has 3 heteroatoms. The normalized spacial score (nSPS) is 19.5. The average molecular weight is 226 g/mol. The molecule has 0 spiro atoms. The predicted octanol–water partition coefficient (Wildman–Crippen LogP) is 3.49. The molecule has 0 amide bonds. The van der Waals surface area contributed by atoms with Crippen molar-refractivity contribution >= 4 is 0 Å². The maximum atomic E-state index is 5.59. The molecule has 2 aromatic rings. The van der Waals surface area contributed by atoms with E-state index in [2.05, 4.69) is 10.1 Å². The third-order valence-electron chi connectivity index (χ3n) is 3.60. The van der Waals surface area contributed by atoms with E-state index in [-0.39, 0.29) is 0 Å². The van der Waals surface area contributed by atoms with Gasteiger partial charge in [-0.05, 0) is 43.7 Å². The van der Waals surface area contributed by atoms with Crippen LogP contribution in [0.5, 0.6) is 0 Å². The Balaban J connectivity index is 1.84. The van der Waals surface area contributed by atoms with Crippen LogP contribution in [0.1, 0.15) is 48.8 Å². The maximum Gasteiger partial charge on any atom is 0.143 e. The van der Waals surface area contributed by atoms with Crippen LogP contribution < -0.4 is 0 Å². The van der Waals surface area contributed by atoms with Crippen molar-refractivity contribution in [3.05, 3.63) is 35.7 Å². The molecule has 2 aliphatic carbocycles. The molecule has 0 N–H and O–H groups in total. The van der Waals surface area contributed by atoms with Gasteiger partial charge < -0.3 is 4.52 Å². The van der Waals surface area contributed by atoms with Crippen LogP contribution >= 0.6 is 0 Å². The molecule has 0 bridgehead atoms. The Hall–Kier alpha value is -1.64. The quantitative estimate of drug-likeness (QED) is 0.804. The van der Waals surface area contributed by atoms with Gasteiger partial charge in [-0.2, -0.15) is 0 Å². The molecule has 2 heterocycles. The second-order valence-corrected chi connectivity index (χ2v) is 5.07. The van der Waals surface area contributed by atoms with Gasteiger partial charge in [-0.1, -0.05) is 11.2 Å². The summed E-state index contributed by atoms with van der Waals surface area (Å²) in [5.74, 6) is 2.46. The highest BCUT2D eigenvalue weighted by molar-refractivity contribution is 5.61. The lowest BCUT2D eigenvalue weighted by atomic mass is 10.0. The molecule has 0 unspecified atom stereocenters. The van der Waals surface area contributed by atoms with Crippen molar-refractivity contribution in [1.29, 1.82) is 0 Å². The molecule has 2 aromatic heterocycles. The molecule has 2 saturated carbocycles.